The van der Waals surface area contributed by atoms with Crippen LogP contribution in [0.3, 0.4) is 0 Å². The quantitative estimate of drug-likeness (QED) is 0.242. The Morgan fingerprint density at radius 1 is 0.615 bits per heavy atom. The number of ketones is 2. The first-order chi connectivity index (χ1) is 17.6. The topological polar surface area (TPSA) is 105 Å². The Hall–Kier alpha value is -3.29. The monoisotopic (exact) mass is 573 g/mol. The number of nitrogens with zero attached hydrogens (tertiary/aromatic N) is 2. The van der Waals surface area contributed by atoms with Crippen molar-refractivity contribution >= 4 is 24.0 Å². The molecular weight excluding hydrogens is 535 g/mol. The van der Waals surface area contributed by atoms with Gasteiger partial charge in [-0.2, -0.15) is 0 Å². The average Bonchev–Trinajstić information content (AvgIpc) is 2.74. The van der Waals surface area contributed by atoms with Gasteiger partial charge in [0.15, 0.2) is 11.6 Å². The van der Waals surface area contributed by atoms with Crippen LogP contribution in [-0.4, -0.2) is 24.0 Å². The van der Waals surface area contributed by atoms with E-state index in [1.165, 1.54) is 40.1 Å². The van der Waals surface area contributed by atoms with Crippen LogP contribution >= 0.6 is 0 Å². The van der Waals surface area contributed by atoms with E-state index in [1.807, 2.05) is 41.5 Å². The Morgan fingerprint density at radius 2 is 0.872 bits per heavy atom. The van der Waals surface area contributed by atoms with Gasteiger partial charge in [-0.15, -0.1) is 11.5 Å². The predicted molar refractivity (Wildman–Crippen MR) is 151 cm³/mol. The first-order valence-electron chi connectivity index (χ1n) is 12.6. The van der Waals surface area contributed by atoms with Gasteiger partial charge in [-0.05, 0) is 88.8 Å². The van der Waals surface area contributed by atoms with Crippen LogP contribution in [0.1, 0.15) is 84.3 Å². The first kappa shape index (κ1) is 33.7. The van der Waals surface area contributed by atoms with Crippen molar-refractivity contribution in [2.75, 3.05) is 0 Å². The molecule has 0 aliphatic heterocycles. The zero-order valence-electron chi connectivity index (χ0n) is 24.5. The van der Waals surface area contributed by atoms with Crippen LogP contribution in [0.2, 0.25) is 0 Å². The zero-order valence-corrected chi connectivity index (χ0v) is 25.5. The van der Waals surface area contributed by atoms with Crippen LogP contribution < -0.4 is 10.2 Å². The number of hydrogen-bond acceptors (Lipinski definition) is 6. The van der Waals surface area contributed by atoms with Crippen molar-refractivity contribution in [2.45, 2.75) is 81.3 Å². The Kier molecular flexibility index (Phi) is 12.3. The third-order valence-corrected chi connectivity index (χ3v) is 6.61. The van der Waals surface area contributed by atoms with Crippen molar-refractivity contribution in [1.29, 1.82) is 0 Å². The molecule has 0 saturated heterocycles. The number of benzene rings is 2. The molecule has 2 rings (SSSR count). The SMILES string of the molecule is CC(=O)/C(C=NC(c1c(C)cc(C)cc1C)C(N=C/C(C(C)=O)=C(/C)[O-])c1c(C)cc(C)cc1C)=C(/C)[O-].[Co+2]. The van der Waals surface area contributed by atoms with Crippen LogP contribution in [0, 0.1) is 41.5 Å². The fourth-order valence-corrected chi connectivity index (χ4v) is 5.11. The molecule has 0 bridgehead atoms. The summed E-state index contributed by atoms with van der Waals surface area (Å²) in [6.45, 7) is 17.4. The second-order valence-electron chi connectivity index (χ2n) is 10.1. The molecule has 0 saturated carbocycles. The summed E-state index contributed by atoms with van der Waals surface area (Å²) in [6.07, 6.45) is 2.69. The second-order valence-corrected chi connectivity index (χ2v) is 10.1. The number of aryl methyl sites for hydroxylation is 6. The minimum absolute atomic E-state index is 0. The van der Waals surface area contributed by atoms with E-state index in [0.717, 1.165) is 44.5 Å². The van der Waals surface area contributed by atoms with Gasteiger partial charge < -0.3 is 10.2 Å². The van der Waals surface area contributed by atoms with Gasteiger partial charge in [0.1, 0.15) is 12.1 Å². The summed E-state index contributed by atoms with van der Waals surface area (Å²) in [6, 6.07) is 6.96. The molecule has 39 heavy (non-hydrogen) atoms. The summed E-state index contributed by atoms with van der Waals surface area (Å²) in [5.74, 6) is -1.49. The minimum atomic E-state index is -0.638. The molecule has 0 aromatic heterocycles. The molecule has 6 nitrogen and oxygen atoms in total. The van der Waals surface area contributed by atoms with Crippen molar-refractivity contribution in [3.63, 3.8) is 0 Å². The fourth-order valence-electron chi connectivity index (χ4n) is 5.11. The standard InChI is InChI=1S/C32H40N2O4.Co/c1-17-11-19(3)29(20(4)12-17)31(33-15-27(23(7)35)24(8)36)32(34-16-28(25(9)37)26(10)38)30-21(5)13-18(2)14-22(30)6;/h11-16,31-32,35,37H,1-10H3;/q;+2/p-2/b27-23-,28-25+,33-15?,34-16?;. The van der Waals surface area contributed by atoms with Crippen LogP contribution in [0.25, 0.3) is 0 Å². The van der Waals surface area contributed by atoms with E-state index in [2.05, 4.69) is 24.3 Å². The molecule has 0 aliphatic carbocycles. The molecule has 2 aromatic rings. The van der Waals surface area contributed by atoms with Crippen LogP contribution in [0.15, 0.2) is 56.9 Å². The molecule has 0 fully saturated rings. The average molecular weight is 574 g/mol. The Bertz CT molecular complexity index is 1220. The third-order valence-electron chi connectivity index (χ3n) is 6.61. The second kappa shape index (κ2) is 14.2. The van der Waals surface area contributed by atoms with Gasteiger partial charge in [0.2, 0.25) is 0 Å². The van der Waals surface area contributed by atoms with Crippen LogP contribution in [0.5, 0.6) is 0 Å². The zero-order chi connectivity index (χ0) is 28.9. The number of rotatable bonds is 9. The molecule has 2 unspecified atom stereocenters. The summed E-state index contributed by atoms with van der Waals surface area (Å²) in [5.41, 5.74) is 7.95. The molecule has 209 valence electrons. The summed E-state index contributed by atoms with van der Waals surface area (Å²) in [4.78, 5) is 34.1. The Labute approximate surface area is 242 Å². The van der Waals surface area contributed by atoms with E-state index in [-0.39, 0.29) is 51.0 Å². The maximum absolute atomic E-state index is 12.2. The maximum atomic E-state index is 12.2. The van der Waals surface area contributed by atoms with Gasteiger partial charge in [0.05, 0.1) is 0 Å². The van der Waals surface area contributed by atoms with Gasteiger partial charge in [0, 0.05) is 23.6 Å². The molecule has 2 aromatic carbocycles. The molecule has 2 atom stereocenters. The van der Waals surface area contributed by atoms with Crippen LogP contribution in [-0.2, 0) is 26.4 Å². The summed E-state index contributed by atoms with van der Waals surface area (Å²) in [7, 11) is 0. The number of carbonyl (C=O) groups excluding carboxylic acids is 2. The van der Waals surface area contributed by atoms with Crippen molar-refractivity contribution in [1.82, 2.24) is 0 Å². The first-order valence-corrected chi connectivity index (χ1v) is 12.6. The molecule has 0 heterocycles. The van der Waals surface area contributed by atoms with Gasteiger partial charge in [-0.25, -0.2) is 0 Å². The van der Waals surface area contributed by atoms with Crippen molar-refractivity contribution in [3.8, 4) is 0 Å². The summed E-state index contributed by atoms with van der Waals surface area (Å²) >= 11 is 0. The number of hydrogen-bond donors (Lipinski definition) is 0. The van der Waals surface area contributed by atoms with E-state index >= 15 is 0 Å². The van der Waals surface area contributed by atoms with Gasteiger partial charge >= 0.3 is 16.8 Å². The van der Waals surface area contributed by atoms with Gasteiger partial charge in [0.25, 0.3) is 0 Å². The fraction of sp³-hybridized carbons (Fsp3) is 0.375. The molecule has 0 amide bonds. The van der Waals surface area contributed by atoms with Gasteiger partial charge in [-0.1, -0.05) is 49.2 Å². The summed E-state index contributed by atoms with van der Waals surface area (Å²) < 4.78 is 0. The molecule has 0 spiro atoms. The normalized spacial score (nSPS) is 14.5. The number of Topliss-reactive ketones (excluding diaryl/α,β-unsaturated/α-hetero) is 2. The smallest absolute Gasteiger partial charge is 0.875 e. The maximum Gasteiger partial charge on any atom is 2.00 e. The van der Waals surface area contributed by atoms with Gasteiger partial charge in [-0.3, -0.25) is 19.6 Å². The number of allylic oxidation sites excluding steroid dienone is 4. The van der Waals surface area contributed by atoms with E-state index < -0.39 is 12.1 Å². The molecule has 0 aliphatic rings. The van der Waals surface area contributed by atoms with Crippen molar-refractivity contribution in [3.05, 3.63) is 91.4 Å². The van der Waals surface area contributed by atoms with E-state index in [9.17, 15) is 19.8 Å². The Balaban J connectivity index is 0.00000760. The van der Waals surface area contributed by atoms with E-state index in [1.54, 1.807) is 0 Å². The number of aliphatic imine (C=N–C) groups is 2. The van der Waals surface area contributed by atoms with Crippen molar-refractivity contribution < 1.29 is 36.6 Å². The minimum Gasteiger partial charge on any atom is -0.875 e. The Morgan fingerprint density at radius 3 is 1.08 bits per heavy atom. The molecular formula is C32H38CoN2O4. The molecule has 0 N–H and O–H groups in total. The van der Waals surface area contributed by atoms with E-state index in [0.29, 0.717) is 0 Å². The third kappa shape index (κ3) is 8.34. The van der Waals surface area contributed by atoms with E-state index in [4.69, 9.17) is 9.98 Å². The molecule has 7 heteroatoms. The summed E-state index contributed by atoms with van der Waals surface area (Å²) in [5, 5.41) is 24.4. The van der Waals surface area contributed by atoms with Crippen molar-refractivity contribution in [2.24, 2.45) is 9.98 Å². The molecule has 1 radical (unpaired) electrons. The largest absolute Gasteiger partial charge is 2.00 e. The number of carbonyl (C=O) groups is 2. The predicted octanol–water partition coefficient (Wildman–Crippen LogP) is 4.91. The van der Waals surface area contributed by atoms with Crippen LogP contribution in [0.4, 0.5) is 0 Å².